The van der Waals surface area contributed by atoms with Crippen LogP contribution in [-0.2, 0) is 9.53 Å². The zero-order valence-corrected chi connectivity index (χ0v) is 15.9. The normalized spacial score (nSPS) is 19.7. The average molecular weight is 437 g/mol. The van der Waals surface area contributed by atoms with Crippen molar-refractivity contribution in [3.8, 4) is 23.0 Å². The number of carboxylic acid groups (broad SMARTS) is 2. The second-order valence-electron chi connectivity index (χ2n) is 7.18. The third-order valence-corrected chi connectivity index (χ3v) is 5.34. The Morgan fingerprint density at radius 2 is 1.75 bits per heavy atom. The molecule has 4 heterocycles. The lowest BCUT2D eigenvalue weighted by Crippen LogP contribution is -2.28. The number of benzene rings is 2. The van der Waals surface area contributed by atoms with Crippen LogP contribution in [0.3, 0.4) is 0 Å². The van der Waals surface area contributed by atoms with Crippen LogP contribution in [0.25, 0.3) is 10.9 Å². The van der Waals surface area contributed by atoms with Crippen LogP contribution < -0.4 is 18.9 Å². The van der Waals surface area contributed by atoms with E-state index in [1.54, 1.807) is 24.3 Å². The lowest BCUT2D eigenvalue weighted by molar-refractivity contribution is -0.154. The van der Waals surface area contributed by atoms with E-state index in [-0.39, 0.29) is 40.5 Å². The summed E-state index contributed by atoms with van der Waals surface area (Å²) in [5.74, 6) is -2.68. The number of fused-ring (bicyclic) bond motifs is 5. The molecule has 160 valence electrons. The van der Waals surface area contributed by atoms with E-state index in [2.05, 4.69) is 4.98 Å². The quantitative estimate of drug-likeness (QED) is 0.580. The first-order chi connectivity index (χ1) is 15.4. The molecule has 0 aliphatic carbocycles. The molecule has 3 aliphatic rings. The zero-order chi connectivity index (χ0) is 22.1. The van der Waals surface area contributed by atoms with Gasteiger partial charge in [-0.25, -0.2) is 19.4 Å². The molecule has 2 atom stereocenters. The van der Waals surface area contributed by atoms with E-state index in [9.17, 15) is 24.6 Å². The smallest absolute Gasteiger partial charge is 0.387 e. The van der Waals surface area contributed by atoms with E-state index < -0.39 is 30.3 Å². The van der Waals surface area contributed by atoms with Crippen LogP contribution in [0.1, 0.15) is 38.1 Å². The van der Waals surface area contributed by atoms with Gasteiger partial charge < -0.3 is 33.9 Å². The maximum atomic E-state index is 12.5. The lowest BCUT2D eigenvalue weighted by Gasteiger charge is -2.12. The van der Waals surface area contributed by atoms with Crippen molar-refractivity contribution in [2.45, 2.75) is 12.4 Å². The van der Waals surface area contributed by atoms with Gasteiger partial charge in [0.25, 0.3) is 0 Å². The molecule has 2 aromatic carbocycles. The van der Waals surface area contributed by atoms with Crippen molar-refractivity contribution < 1.29 is 48.3 Å². The molecule has 2 N–H and O–H groups in total. The first kappa shape index (κ1) is 18.2. The SMILES string of the molecule is O=C(O)c1cc2nc3c(cc2c2c1OC(C(=O)O)O2)C(c1ccc2c(c1)OCO2)OC3=O. The first-order valence-electron chi connectivity index (χ1n) is 9.32. The number of aliphatic carboxylic acids is 1. The highest BCUT2D eigenvalue weighted by Crippen LogP contribution is 2.47. The molecule has 0 saturated carbocycles. The van der Waals surface area contributed by atoms with Gasteiger partial charge in [-0.05, 0) is 24.3 Å². The number of carbonyl (C=O) groups excluding carboxylic acids is 1. The monoisotopic (exact) mass is 437 g/mol. The van der Waals surface area contributed by atoms with Crippen LogP contribution in [0.15, 0.2) is 30.3 Å². The van der Waals surface area contributed by atoms with Crippen LogP contribution in [-0.4, -0.2) is 46.2 Å². The largest absolute Gasteiger partial charge is 0.478 e. The average Bonchev–Trinajstić information content (AvgIpc) is 3.48. The van der Waals surface area contributed by atoms with Gasteiger partial charge in [-0.1, -0.05) is 6.07 Å². The molecule has 0 radical (unpaired) electrons. The molecule has 11 nitrogen and oxygen atoms in total. The molecular formula is C21H11NO10. The molecule has 0 spiro atoms. The number of ether oxygens (including phenoxy) is 5. The van der Waals surface area contributed by atoms with Crippen molar-refractivity contribution in [1.29, 1.82) is 0 Å². The van der Waals surface area contributed by atoms with Gasteiger partial charge in [0.1, 0.15) is 5.56 Å². The lowest BCUT2D eigenvalue weighted by atomic mass is 9.98. The summed E-state index contributed by atoms with van der Waals surface area (Å²) in [6.07, 6.45) is -2.51. The minimum atomic E-state index is -1.70. The maximum Gasteiger partial charge on any atom is 0.387 e. The predicted octanol–water partition coefficient (Wildman–Crippen LogP) is 2.10. The van der Waals surface area contributed by atoms with E-state index in [0.29, 0.717) is 22.6 Å². The first-order valence-corrected chi connectivity index (χ1v) is 9.32. The van der Waals surface area contributed by atoms with Gasteiger partial charge in [-0.2, -0.15) is 0 Å². The number of carbonyl (C=O) groups is 3. The highest BCUT2D eigenvalue weighted by molar-refractivity contribution is 6.03. The Labute approximate surface area is 177 Å². The van der Waals surface area contributed by atoms with Gasteiger partial charge >= 0.3 is 24.2 Å². The Kier molecular flexibility index (Phi) is 3.55. The number of cyclic esters (lactones) is 1. The maximum absolute atomic E-state index is 12.5. The van der Waals surface area contributed by atoms with Crippen LogP contribution in [0, 0.1) is 0 Å². The van der Waals surface area contributed by atoms with Crippen molar-refractivity contribution >= 4 is 28.8 Å². The number of carboxylic acids is 2. The van der Waals surface area contributed by atoms with E-state index >= 15 is 0 Å². The molecule has 0 bridgehead atoms. The van der Waals surface area contributed by atoms with Gasteiger partial charge in [-0.15, -0.1) is 0 Å². The standard InChI is InChI=1S/C21H11NO10/c23-18(24)10-5-11-8(16-17(10)32-21(31-16)19(25)26)4-9-14(22-11)20(27)30-15(9)7-1-2-12-13(3-7)29-6-28-12/h1-5,15,21H,6H2,(H,23,24)(H,25,26). The van der Waals surface area contributed by atoms with Crippen molar-refractivity contribution in [2.24, 2.45) is 0 Å². The number of hydrogen-bond acceptors (Lipinski definition) is 9. The summed E-state index contributed by atoms with van der Waals surface area (Å²) >= 11 is 0. The number of nitrogens with zero attached hydrogens (tertiary/aromatic N) is 1. The molecule has 32 heavy (non-hydrogen) atoms. The van der Waals surface area contributed by atoms with Crippen LogP contribution in [0.5, 0.6) is 23.0 Å². The van der Waals surface area contributed by atoms with Gasteiger partial charge in [0.05, 0.1) is 5.52 Å². The Morgan fingerprint density at radius 3 is 2.53 bits per heavy atom. The van der Waals surface area contributed by atoms with E-state index in [1.807, 2.05) is 0 Å². The second kappa shape index (κ2) is 6.23. The molecule has 1 aromatic heterocycles. The summed E-state index contributed by atoms with van der Waals surface area (Å²) in [4.78, 5) is 39.9. The highest BCUT2D eigenvalue weighted by atomic mass is 16.7. The number of pyridine rings is 1. The molecule has 0 saturated heterocycles. The number of hydrogen-bond donors (Lipinski definition) is 2. The van der Waals surface area contributed by atoms with Crippen LogP contribution in [0.4, 0.5) is 0 Å². The van der Waals surface area contributed by atoms with Crippen molar-refractivity contribution in [3.05, 3.63) is 52.7 Å². The van der Waals surface area contributed by atoms with E-state index in [1.165, 1.54) is 6.07 Å². The summed E-state index contributed by atoms with van der Waals surface area (Å²) in [6, 6.07) is 7.88. The van der Waals surface area contributed by atoms with E-state index in [4.69, 9.17) is 23.7 Å². The van der Waals surface area contributed by atoms with Crippen molar-refractivity contribution in [2.75, 3.05) is 6.79 Å². The predicted molar refractivity (Wildman–Crippen MR) is 101 cm³/mol. The molecular weight excluding hydrogens is 426 g/mol. The number of rotatable bonds is 3. The van der Waals surface area contributed by atoms with Crippen LogP contribution >= 0.6 is 0 Å². The Hall–Kier alpha value is -4.54. The molecule has 0 fully saturated rings. The zero-order valence-electron chi connectivity index (χ0n) is 15.9. The van der Waals surface area contributed by atoms with Crippen molar-refractivity contribution in [3.63, 3.8) is 0 Å². The fourth-order valence-electron chi connectivity index (χ4n) is 3.93. The van der Waals surface area contributed by atoms with Gasteiger partial charge in [0.15, 0.2) is 34.8 Å². The highest BCUT2D eigenvalue weighted by Gasteiger charge is 2.39. The minimum Gasteiger partial charge on any atom is -0.478 e. The summed E-state index contributed by atoms with van der Waals surface area (Å²) in [5.41, 5.74) is 0.835. The number of aromatic nitrogens is 1. The second-order valence-corrected chi connectivity index (χ2v) is 7.18. The molecule has 6 rings (SSSR count). The van der Waals surface area contributed by atoms with E-state index in [0.717, 1.165) is 0 Å². The van der Waals surface area contributed by atoms with Gasteiger partial charge in [-0.3, -0.25) is 0 Å². The fraction of sp³-hybridized carbons (Fsp3) is 0.143. The number of esters is 1. The van der Waals surface area contributed by atoms with Crippen molar-refractivity contribution in [1.82, 2.24) is 4.98 Å². The summed E-state index contributed by atoms with van der Waals surface area (Å²) in [7, 11) is 0. The fourth-order valence-corrected chi connectivity index (χ4v) is 3.93. The Balaban J connectivity index is 1.54. The minimum absolute atomic E-state index is 0.0187. The molecule has 2 unspecified atom stereocenters. The molecule has 11 heteroatoms. The summed E-state index contributed by atoms with van der Waals surface area (Å²) < 4.78 is 26.8. The third-order valence-electron chi connectivity index (χ3n) is 5.34. The molecule has 3 aromatic rings. The van der Waals surface area contributed by atoms with Crippen LogP contribution in [0.2, 0.25) is 0 Å². The third kappa shape index (κ3) is 2.47. The molecule has 0 amide bonds. The van der Waals surface area contributed by atoms with Gasteiger partial charge in [0, 0.05) is 16.5 Å². The Morgan fingerprint density at radius 1 is 0.969 bits per heavy atom. The van der Waals surface area contributed by atoms with Gasteiger partial charge in [0.2, 0.25) is 6.79 Å². The molecule has 3 aliphatic heterocycles. The Bertz CT molecular complexity index is 1380. The topological polar surface area (TPSA) is 151 Å². The summed E-state index contributed by atoms with van der Waals surface area (Å²) in [5, 5.41) is 19.1. The summed E-state index contributed by atoms with van der Waals surface area (Å²) in [6.45, 7) is 0.0894. The number of aromatic carboxylic acids is 1.